The molecule has 1 aromatic rings. The fraction of sp³-hybridized carbons (Fsp3) is 0.444. The third-order valence-corrected chi connectivity index (χ3v) is 3.10. The first-order chi connectivity index (χ1) is 5.92. The summed E-state index contributed by atoms with van der Waals surface area (Å²) in [5.41, 5.74) is -0.714. The first-order valence-electron chi connectivity index (χ1n) is 3.88. The average molecular weight is 219 g/mol. The molecule has 1 N–H and O–H groups in total. The van der Waals surface area contributed by atoms with Gasteiger partial charge >= 0.3 is 5.97 Å². The molecule has 0 bridgehead atoms. The molecule has 0 saturated carbocycles. The number of hydrogen-bond donors (Lipinski definition) is 1. The maximum absolute atomic E-state index is 10.8. The highest BCUT2D eigenvalue weighted by molar-refractivity contribution is 7.10. The molecule has 0 aromatic carbocycles. The number of hydrogen-bond acceptors (Lipinski definition) is 2. The van der Waals surface area contributed by atoms with Gasteiger partial charge in [0, 0.05) is 10.3 Å². The van der Waals surface area contributed by atoms with Gasteiger partial charge < -0.3 is 5.11 Å². The highest BCUT2D eigenvalue weighted by atomic mass is 35.5. The first-order valence-corrected chi connectivity index (χ1v) is 5.14. The van der Waals surface area contributed by atoms with Crippen LogP contribution in [0.5, 0.6) is 0 Å². The molecule has 0 atom stereocenters. The number of carboxylic acid groups (broad SMARTS) is 1. The Hall–Kier alpha value is -0.540. The minimum atomic E-state index is -0.781. The van der Waals surface area contributed by atoms with Gasteiger partial charge in [-0.25, -0.2) is 0 Å². The molecule has 0 unspecified atom stereocenters. The Labute approximate surface area is 86.2 Å². The van der Waals surface area contributed by atoms with E-state index >= 15 is 0 Å². The summed E-state index contributed by atoms with van der Waals surface area (Å²) < 4.78 is 0. The van der Waals surface area contributed by atoms with Gasteiger partial charge in [0.1, 0.15) is 0 Å². The number of halogens is 1. The Balaban J connectivity index is 2.74. The number of rotatable bonds is 3. The molecule has 0 radical (unpaired) electrons. The molecule has 4 heteroatoms. The molecule has 72 valence electrons. The van der Waals surface area contributed by atoms with Crippen molar-refractivity contribution in [2.75, 3.05) is 0 Å². The Bertz CT molecular complexity index is 317. The highest BCUT2D eigenvalue weighted by Gasteiger charge is 2.27. The van der Waals surface area contributed by atoms with E-state index in [4.69, 9.17) is 16.7 Å². The van der Waals surface area contributed by atoms with Crippen molar-refractivity contribution in [1.82, 2.24) is 0 Å². The van der Waals surface area contributed by atoms with Gasteiger partial charge in [-0.2, -0.15) is 0 Å². The minimum absolute atomic E-state index is 0.528. The van der Waals surface area contributed by atoms with Crippen molar-refractivity contribution < 1.29 is 9.90 Å². The van der Waals surface area contributed by atoms with Gasteiger partial charge in [0.15, 0.2) is 0 Å². The minimum Gasteiger partial charge on any atom is -0.481 e. The summed E-state index contributed by atoms with van der Waals surface area (Å²) in [5, 5.41) is 11.4. The summed E-state index contributed by atoms with van der Waals surface area (Å²) in [5.74, 6) is -0.781. The van der Waals surface area contributed by atoms with Crippen LogP contribution in [0.4, 0.5) is 0 Å². The quantitative estimate of drug-likeness (QED) is 0.847. The summed E-state index contributed by atoms with van der Waals surface area (Å²) in [6.07, 6.45) is 0.528. The summed E-state index contributed by atoms with van der Waals surface area (Å²) in [4.78, 5) is 11.8. The maximum Gasteiger partial charge on any atom is 0.309 e. The second kappa shape index (κ2) is 3.68. The number of thiophene rings is 1. The molecule has 1 rings (SSSR count). The van der Waals surface area contributed by atoms with E-state index in [-0.39, 0.29) is 0 Å². The molecule has 0 spiro atoms. The van der Waals surface area contributed by atoms with Gasteiger partial charge in [-0.3, -0.25) is 4.79 Å². The van der Waals surface area contributed by atoms with Gasteiger partial charge in [-0.15, -0.1) is 11.3 Å². The number of carboxylic acids is 1. The van der Waals surface area contributed by atoms with Crippen LogP contribution in [0, 0.1) is 5.41 Å². The molecule has 1 heterocycles. The van der Waals surface area contributed by atoms with Crippen LogP contribution in [0.2, 0.25) is 5.02 Å². The van der Waals surface area contributed by atoms with Crippen LogP contribution in [-0.2, 0) is 11.2 Å². The van der Waals surface area contributed by atoms with E-state index in [2.05, 4.69) is 0 Å². The van der Waals surface area contributed by atoms with E-state index in [1.807, 2.05) is 11.4 Å². The monoisotopic (exact) mass is 218 g/mol. The van der Waals surface area contributed by atoms with E-state index < -0.39 is 11.4 Å². The van der Waals surface area contributed by atoms with E-state index in [1.54, 1.807) is 13.8 Å². The smallest absolute Gasteiger partial charge is 0.309 e. The van der Waals surface area contributed by atoms with Crippen molar-refractivity contribution in [1.29, 1.82) is 0 Å². The van der Waals surface area contributed by atoms with Gasteiger partial charge in [-0.05, 0) is 26.3 Å². The van der Waals surface area contributed by atoms with Gasteiger partial charge in [0.05, 0.1) is 10.4 Å². The molecule has 0 fully saturated rings. The predicted molar refractivity (Wildman–Crippen MR) is 54.4 cm³/mol. The van der Waals surface area contributed by atoms with Crippen molar-refractivity contribution in [3.63, 3.8) is 0 Å². The summed E-state index contributed by atoms with van der Waals surface area (Å²) in [6, 6.07) is 1.82. The van der Waals surface area contributed by atoms with Crippen molar-refractivity contribution in [2.45, 2.75) is 20.3 Å². The van der Waals surface area contributed by atoms with Crippen molar-refractivity contribution in [3.8, 4) is 0 Å². The molecule has 13 heavy (non-hydrogen) atoms. The van der Waals surface area contributed by atoms with E-state index in [0.29, 0.717) is 11.4 Å². The van der Waals surface area contributed by atoms with Crippen LogP contribution in [-0.4, -0.2) is 11.1 Å². The Morgan fingerprint density at radius 1 is 1.69 bits per heavy atom. The molecule has 0 amide bonds. The Kier molecular flexibility index (Phi) is 2.98. The standard InChI is InChI=1S/C9H11ClO2S/c1-9(2,8(11)12)4-7-3-6(10)5-13-7/h3,5H,4H2,1-2H3,(H,11,12). The third-order valence-electron chi connectivity index (χ3n) is 1.82. The largest absolute Gasteiger partial charge is 0.481 e. The molecule has 1 aromatic heterocycles. The van der Waals surface area contributed by atoms with Crippen molar-refractivity contribution in [2.24, 2.45) is 5.41 Å². The molecular weight excluding hydrogens is 208 g/mol. The lowest BCUT2D eigenvalue weighted by Crippen LogP contribution is -2.25. The normalized spacial score (nSPS) is 11.6. The molecule has 0 saturated heterocycles. The topological polar surface area (TPSA) is 37.3 Å². The predicted octanol–water partition coefficient (Wildman–Crippen LogP) is 3.05. The lowest BCUT2D eigenvalue weighted by molar-refractivity contribution is -0.146. The average Bonchev–Trinajstić information content (AvgIpc) is 2.34. The lowest BCUT2D eigenvalue weighted by Gasteiger charge is -2.17. The summed E-state index contributed by atoms with van der Waals surface area (Å²) in [7, 11) is 0. The zero-order valence-electron chi connectivity index (χ0n) is 7.50. The third kappa shape index (κ3) is 2.71. The van der Waals surface area contributed by atoms with E-state index in [1.165, 1.54) is 11.3 Å². The van der Waals surface area contributed by atoms with Crippen LogP contribution in [0.3, 0.4) is 0 Å². The van der Waals surface area contributed by atoms with Crippen LogP contribution >= 0.6 is 22.9 Å². The van der Waals surface area contributed by atoms with Gasteiger partial charge in [0.25, 0.3) is 0 Å². The zero-order valence-corrected chi connectivity index (χ0v) is 9.08. The molecule has 0 aliphatic carbocycles. The molecule has 0 aliphatic rings. The number of aliphatic carboxylic acids is 1. The fourth-order valence-corrected chi connectivity index (χ4v) is 2.26. The molecule has 0 aliphatic heterocycles. The van der Waals surface area contributed by atoms with Crippen molar-refractivity contribution >= 4 is 28.9 Å². The van der Waals surface area contributed by atoms with Gasteiger partial charge in [-0.1, -0.05) is 11.6 Å². The van der Waals surface area contributed by atoms with E-state index in [9.17, 15) is 4.79 Å². The Morgan fingerprint density at radius 3 is 2.69 bits per heavy atom. The van der Waals surface area contributed by atoms with Crippen molar-refractivity contribution in [3.05, 3.63) is 21.3 Å². The number of carbonyl (C=O) groups is 1. The maximum atomic E-state index is 10.8. The Morgan fingerprint density at radius 2 is 2.31 bits per heavy atom. The SMILES string of the molecule is CC(C)(Cc1cc(Cl)cs1)C(=O)O. The first kappa shape index (κ1) is 10.5. The highest BCUT2D eigenvalue weighted by Crippen LogP contribution is 2.27. The fourth-order valence-electron chi connectivity index (χ4n) is 0.958. The van der Waals surface area contributed by atoms with E-state index in [0.717, 1.165) is 4.88 Å². The summed E-state index contributed by atoms with van der Waals surface area (Å²) >= 11 is 7.23. The zero-order chi connectivity index (χ0) is 10.1. The second-order valence-corrected chi connectivity index (χ2v) is 5.03. The van der Waals surface area contributed by atoms with Crippen LogP contribution in [0.1, 0.15) is 18.7 Å². The second-order valence-electron chi connectivity index (χ2n) is 3.60. The summed E-state index contributed by atoms with van der Waals surface area (Å²) in [6.45, 7) is 3.42. The van der Waals surface area contributed by atoms with Crippen LogP contribution in [0.15, 0.2) is 11.4 Å². The van der Waals surface area contributed by atoms with Gasteiger partial charge in [0.2, 0.25) is 0 Å². The molecular formula is C9H11ClO2S. The van der Waals surface area contributed by atoms with Crippen LogP contribution < -0.4 is 0 Å². The lowest BCUT2D eigenvalue weighted by atomic mass is 9.89. The van der Waals surface area contributed by atoms with Crippen LogP contribution in [0.25, 0.3) is 0 Å². The molecule has 2 nitrogen and oxygen atoms in total.